The molecule has 3 aromatic heterocycles. The molecule has 0 aromatic carbocycles. The molecule has 0 saturated heterocycles. The lowest BCUT2D eigenvalue weighted by Crippen LogP contribution is -2.04. The molecule has 6 heteroatoms. The SMILES string of the molecule is CCNc1nc(CO)nc2scc(-c3cccs3)c12. The lowest BCUT2D eigenvalue weighted by molar-refractivity contribution is 0.272. The van der Waals surface area contributed by atoms with Crippen molar-refractivity contribution in [3.8, 4) is 10.4 Å². The van der Waals surface area contributed by atoms with Crippen LogP contribution in [-0.2, 0) is 6.61 Å². The minimum absolute atomic E-state index is 0.138. The highest BCUT2D eigenvalue weighted by Crippen LogP contribution is 2.38. The Morgan fingerprint density at radius 1 is 1.32 bits per heavy atom. The summed E-state index contributed by atoms with van der Waals surface area (Å²) in [5.41, 5.74) is 1.16. The molecule has 98 valence electrons. The lowest BCUT2D eigenvalue weighted by Gasteiger charge is -2.07. The molecule has 0 aliphatic heterocycles. The Kier molecular flexibility index (Phi) is 3.46. The van der Waals surface area contributed by atoms with Gasteiger partial charge in [0.05, 0.1) is 5.39 Å². The Hall–Kier alpha value is -1.50. The van der Waals surface area contributed by atoms with Crippen molar-refractivity contribution in [3.05, 3.63) is 28.7 Å². The van der Waals surface area contributed by atoms with E-state index in [-0.39, 0.29) is 6.61 Å². The average Bonchev–Trinajstić information content (AvgIpc) is 3.07. The van der Waals surface area contributed by atoms with Gasteiger partial charge in [-0.05, 0) is 18.4 Å². The van der Waals surface area contributed by atoms with Gasteiger partial charge in [-0.3, -0.25) is 0 Å². The first-order valence-electron chi connectivity index (χ1n) is 6.00. The molecule has 3 aromatic rings. The number of aliphatic hydroxyl groups excluding tert-OH is 1. The van der Waals surface area contributed by atoms with Crippen molar-refractivity contribution in [1.29, 1.82) is 0 Å². The molecular formula is C13H13N3OS2. The predicted molar refractivity (Wildman–Crippen MR) is 80.8 cm³/mol. The van der Waals surface area contributed by atoms with Gasteiger partial charge in [-0.1, -0.05) is 6.07 Å². The summed E-state index contributed by atoms with van der Waals surface area (Å²) in [6, 6.07) is 4.14. The van der Waals surface area contributed by atoms with Crippen LogP contribution >= 0.6 is 22.7 Å². The molecule has 2 N–H and O–H groups in total. The van der Waals surface area contributed by atoms with Gasteiger partial charge >= 0.3 is 0 Å². The topological polar surface area (TPSA) is 58.0 Å². The summed E-state index contributed by atoms with van der Waals surface area (Å²) in [6.45, 7) is 2.68. The predicted octanol–water partition coefficient (Wildman–Crippen LogP) is 3.34. The van der Waals surface area contributed by atoms with Gasteiger partial charge in [-0.25, -0.2) is 9.97 Å². The number of hydrogen-bond donors (Lipinski definition) is 2. The molecule has 0 saturated carbocycles. The summed E-state index contributed by atoms with van der Waals surface area (Å²) < 4.78 is 0. The van der Waals surface area contributed by atoms with Gasteiger partial charge in [0.25, 0.3) is 0 Å². The summed E-state index contributed by atoms with van der Waals surface area (Å²) in [7, 11) is 0. The van der Waals surface area contributed by atoms with E-state index in [9.17, 15) is 5.11 Å². The number of hydrogen-bond acceptors (Lipinski definition) is 6. The fourth-order valence-electron chi connectivity index (χ4n) is 1.97. The molecule has 0 bridgehead atoms. The quantitative estimate of drug-likeness (QED) is 0.774. The molecule has 19 heavy (non-hydrogen) atoms. The Morgan fingerprint density at radius 2 is 2.21 bits per heavy atom. The first-order valence-corrected chi connectivity index (χ1v) is 7.76. The molecule has 3 heterocycles. The summed E-state index contributed by atoms with van der Waals surface area (Å²) in [6.07, 6.45) is 0. The van der Waals surface area contributed by atoms with E-state index >= 15 is 0 Å². The van der Waals surface area contributed by atoms with Crippen LogP contribution in [0.25, 0.3) is 20.7 Å². The van der Waals surface area contributed by atoms with Gasteiger partial charge in [0.2, 0.25) is 0 Å². The minimum atomic E-state index is -0.138. The van der Waals surface area contributed by atoms with Crippen molar-refractivity contribution < 1.29 is 5.11 Å². The average molecular weight is 291 g/mol. The number of nitrogens with one attached hydrogen (secondary N) is 1. The normalized spacial score (nSPS) is 11.1. The van der Waals surface area contributed by atoms with Crippen molar-refractivity contribution in [2.24, 2.45) is 0 Å². The second-order valence-electron chi connectivity index (χ2n) is 3.98. The number of rotatable bonds is 4. The molecule has 0 unspecified atom stereocenters. The lowest BCUT2D eigenvalue weighted by atomic mass is 10.2. The second-order valence-corrected chi connectivity index (χ2v) is 5.79. The zero-order valence-electron chi connectivity index (χ0n) is 10.4. The number of nitrogens with zero attached hydrogens (tertiary/aromatic N) is 2. The highest BCUT2D eigenvalue weighted by atomic mass is 32.1. The number of fused-ring (bicyclic) bond motifs is 1. The number of thiophene rings is 2. The van der Waals surface area contributed by atoms with Crippen LogP contribution in [0.3, 0.4) is 0 Å². The van der Waals surface area contributed by atoms with E-state index in [1.165, 1.54) is 4.88 Å². The monoisotopic (exact) mass is 291 g/mol. The van der Waals surface area contributed by atoms with Gasteiger partial charge < -0.3 is 10.4 Å². The fourth-order valence-corrected chi connectivity index (χ4v) is 3.75. The van der Waals surface area contributed by atoms with Crippen LogP contribution in [-0.4, -0.2) is 21.6 Å². The molecule has 0 amide bonds. The Labute approximate surface area is 118 Å². The van der Waals surface area contributed by atoms with Crippen molar-refractivity contribution >= 4 is 38.7 Å². The van der Waals surface area contributed by atoms with Crippen molar-refractivity contribution in [1.82, 2.24) is 9.97 Å². The largest absolute Gasteiger partial charge is 0.388 e. The minimum Gasteiger partial charge on any atom is -0.388 e. The first kappa shape index (κ1) is 12.5. The van der Waals surface area contributed by atoms with E-state index < -0.39 is 0 Å². The second kappa shape index (κ2) is 5.24. The summed E-state index contributed by atoms with van der Waals surface area (Å²) >= 11 is 3.29. The van der Waals surface area contributed by atoms with E-state index in [1.807, 2.05) is 13.0 Å². The third-order valence-corrected chi connectivity index (χ3v) is 4.53. The Balaban J connectivity index is 2.25. The fraction of sp³-hybridized carbons (Fsp3) is 0.231. The van der Waals surface area contributed by atoms with Crippen molar-refractivity contribution in [3.63, 3.8) is 0 Å². The summed E-state index contributed by atoms with van der Waals surface area (Å²) in [4.78, 5) is 10.9. The van der Waals surface area contributed by atoms with E-state index in [1.54, 1.807) is 22.7 Å². The molecule has 0 radical (unpaired) electrons. The zero-order chi connectivity index (χ0) is 13.2. The smallest absolute Gasteiger partial charge is 0.157 e. The molecule has 0 atom stereocenters. The van der Waals surface area contributed by atoms with E-state index in [2.05, 4.69) is 32.1 Å². The highest BCUT2D eigenvalue weighted by molar-refractivity contribution is 7.18. The third-order valence-electron chi connectivity index (χ3n) is 2.75. The van der Waals surface area contributed by atoms with Gasteiger partial charge in [0, 0.05) is 22.4 Å². The van der Waals surface area contributed by atoms with Crippen LogP contribution in [0.15, 0.2) is 22.9 Å². The first-order chi connectivity index (χ1) is 9.33. The van der Waals surface area contributed by atoms with Crippen LogP contribution in [0, 0.1) is 0 Å². The number of anilines is 1. The van der Waals surface area contributed by atoms with Gasteiger partial charge in [-0.2, -0.15) is 0 Å². The molecular weight excluding hydrogens is 278 g/mol. The number of aliphatic hydroxyl groups is 1. The molecule has 3 rings (SSSR count). The van der Waals surface area contributed by atoms with Crippen molar-refractivity contribution in [2.45, 2.75) is 13.5 Å². The van der Waals surface area contributed by atoms with Crippen LogP contribution in [0.1, 0.15) is 12.7 Å². The van der Waals surface area contributed by atoms with E-state index in [0.29, 0.717) is 5.82 Å². The molecule has 0 aliphatic rings. The highest BCUT2D eigenvalue weighted by Gasteiger charge is 2.15. The van der Waals surface area contributed by atoms with Crippen LogP contribution < -0.4 is 5.32 Å². The summed E-state index contributed by atoms with van der Waals surface area (Å²) in [5, 5.41) is 17.7. The molecule has 4 nitrogen and oxygen atoms in total. The standard InChI is InChI=1S/C13H13N3OS2/c1-2-14-12-11-8(9-4-3-5-18-9)7-19-13(11)16-10(6-17)15-12/h3-5,7,17H,2,6H2,1H3,(H,14,15,16). The molecule has 0 spiro atoms. The third kappa shape index (κ3) is 2.22. The van der Waals surface area contributed by atoms with E-state index in [0.717, 1.165) is 28.1 Å². The van der Waals surface area contributed by atoms with Gasteiger partial charge in [0.15, 0.2) is 5.82 Å². The number of aromatic nitrogens is 2. The molecule has 0 fully saturated rings. The Morgan fingerprint density at radius 3 is 2.89 bits per heavy atom. The maximum atomic E-state index is 9.23. The van der Waals surface area contributed by atoms with Crippen molar-refractivity contribution in [2.75, 3.05) is 11.9 Å². The Bertz CT molecular complexity index is 691. The maximum Gasteiger partial charge on any atom is 0.157 e. The van der Waals surface area contributed by atoms with Crippen LogP contribution in [0.4, 0.5) is 5.82 Å². The summed E-state index contributed by atoms with van der Waals surface area (Å²) in [5.74, 6) is 1.27. The van der Waals surface area contributed by atoms with E-state index in [4.69, 9.17) is 0 Å². The zero-order valence-corrected chi connectivity index (χ0v) is 12.0. The maximum absolute atomic E-state index is 9.23. The molecule has 0 aliphatic carbocycles. The van der Waals surface area contributed by atoms with Gasteiger partial charge in [-0.15, -0.1) is 22.7 Å². The van der Waals surface area contributed by atoms with Gasteiger partial charge in [0.1, 0.15) is 17.3 Å². The van der Waals surface area contributed by atoms with Crippen LogP contribution in [0.2, 0.25) is 0 Å². The van der Waals surface area contributed by atoms with Crippen LogP contribution in [0.5, 0.6) is 0 Å².